The Morgan fingerprint density at radius 2 is 1.94 bits per heavy atom. The maximum absolute atomic E-state index is 8.85. The Morgan fingerprint density at radius 3 is 2.62 bits per heavy atom. The van der Waals surface area contributed by atoms with Gasteiger partial charge in [-0.15, -0.1) is 0 Å². The number of hydrogen-bond donors (Lipinski definition) is 3. The van der Waals surface area contributed by atoms with E-state index in [9.17, 15) is 0 Å². The molecular weight excluding hydrogens is 447 g/mol. The number of halogens is 2. The minimum absolute atomic E-state index is 0.248. The number of anilines is 2. The van der Waals surface area contributed by atoms with Crippen LogP contribution < -0.4 is 16.0 Å². The van der Waals surface area contributed by atoms with Crippen molar-refractivity contribution >= 4 is 40.8 Å². The largest absolute Gasteiger partial charge is 0.368 e. The molecule has 1 unspecified atom stereocenters. The average Bonchev–Trinajstić information content (AvgIpc) is 3.23. The van der Waals surface area contributed by atoms with Crippen molar-refractivity contribution in [3.63, 3.8) is 0 Å². The number of nitrogens with one attached hydrogen (secondary N) is 3. The van der Waals surface area contributed by atoms with Gasteiger partial charge in [-0.25, -0.2) is 15.0 Å². The number of aromatic nitrogens is 3. The smallest absolute Gasteiger partial charge is 0.223 e. The van der Waals surface area contributed by atoms with Gasteiger partial charge in [-0.3, -0.25) is 4.99 Å². The first kappa shape index (κ1) is 21.8. The first-order chi connectivity index (χ1) is 15.5. The molecule has 0 fully saturated rings. The van der Waals surface area contributed by atoms with Gasteiger partial charge in [0.15, 0.2) is 0 Å². The van der Waals surface area contributed by atoms with E-state index >= 15 is 0 Å². The van der Waals surface area contributed by atoms with E-state index in [1.807, 2.05) is 12.1 Å². The van der Waals surface area contributed by atoms with Gasteiger partial charge in [-0.1, -0.05) is 23.2 Å². The quantitative estimate of drug-likeness (QED) is 0.451. The second-order valence-corrected chi connectivity index (χ2v) is 8.06. The molecule has 8 nitrogen and oxygen atoms in total. The molecule has 0 radical (unpaired) electrons. The third-order valence-electron chi connectivity index (χ3n) is 4.74. The molecule has 10 heteroatoms. The van der Waals surface area contributed by atoms with Crippen LogP contribution in [0.2, 0.25) is 10.0 Å². The zero-order valence-corrected chi connectivity index (χ0v) is 18.7. The van der Waals surface area contributed by atoms with Gasteiger partial charge in [-0.2, -0.15) is 5.26 Å². The Morgan fingerprint density at radius 1 is 1.09 bits per heavy atom. The Bertz CT molecular complexity index is 1190. The van der Waals surface area contributed by atoms with Gasteiger partial charge in [0.2, 0.25) is 5.95 Å². The van der Waals surface area contributed by atoms with E-state index in [2.05, 4.69) is 37.8 Å². The molecule has 3 heterocycles. The van der Waals surface area contributed by atoms with Crippen molar-refractivity contribution in [2.75, 3.05) is 30.3 Å². The van der Waals surface area contributed by atoms with Gasteiger partial charge < -0.3 is 16.0 Å². The highest BCUT2D eigenvalue weighted by Gasteiger charge is 2.21. The highest BCUT2D eigenvalue weighted by Crippen LogP contribution is 2.32. The van der Waals surface area contributed by atoms with E-state index in [-0.39, 0.29) is 6.04 Å². The summed E-state index contributed by atoms with van der Waals surface area (Å²) in [4.78, 5) is 17.9. The fourth-order valence-corrected chi connectivity index (χ4v) is 3.67. The van der Waals surface area contributed by atoms with Crippen LogP contribution in [0.5, 0.6) is 0 Å². The third kappa shape index (κ3) is 5.07. The van der Waals surface area contributed by atoms with Gasteiger partial charge >= 0.3 is 0 Å². The molecule has 0 bridgehead atoms. The molecule has 0 saturated carbocycles. The highest BCUT2D eigenvalue weighted by molar-refractivity contribution is 6.36. The van der Waals surface area contributed by atoms with Gasteiger partial charge in [0.1, 0.15) is 17.7 Å². The molecule has 1 aromatic carbocycles. The van der Waals surface area contributed by atoms with Crippen molar-refractivity contribution in [2.24, 2.45) is 4.99 Å². The van der Waals surface area contributed by atoms with Crippen molar-refractivity contribution in [2.45, 2.75) is 13.0 Å². The SMILES string of the molecule is CC1CN=C(c2cnc(NCCNc3ccc(C#N)cn3)nc2-c2ccc(Cl)cc2Cl)N1. The predicted molar refractivity (Wildman–Crippen MR) is 127 cm³/mol. The van der Waals surface area contributed by atoms with Gasteiger partial charge in [0.25, 0.3) is 0 Å². The number of nitriles is 1. The minimum Gasteiger partial charge on any atom is -0.368 e. The van der Waals surface area contributed by atoms with Crippen LogP contribution in [0.15, 0.2) is 47.7 Å². The molecule has 2 aromatic heterocycles. The first-order valence-corrected chi connectivity index (χ1v) is 10.8. The van der Waals surface area contributed by atoms with E-state index in [0.717, 1.165) is 17.0 Å². The maximum Gasteiger partial charge on any atom is 0.223 e. The molecule has 32 heavy (non-hydrogen) atoms. The van der Waals surface area contributed by atoms with Crippen molar-refractivity contribution in [1.82, 2.24) is 20.3 Å². The lowest BCUT2D eigenvalue weighted by Gasteiger charge is -2.14. The number of rotatable bonds is 7. The van der Waals surface area contributed by atoms with Crippen LogP contribution in [-0.2, 0) is 0 Å². The number of aliphatic imine (C=N–C) groups is 1. The van der Waals surface area contributed by atoms with Gasteiger partial charge in [0.05, 0.1) is 28.4 Å². The van der Waals surface area contributed by atoms with Crippen molar-refractivity contribution in [3.8, 4) is 17.3 Å². The normalized spacial score (nSPS) is 14.9. The molecule has 4 rings (SSSR count). The van der Waals surface area contributed by atoms with Crippen LogP contribution in [0.1, 0.15) is 18.1 Å². The van der Waals surface area contributed by atoms with Crippen LogP contribution >= 0.6 is 23.2 Å². The van der Waals surface area contributed by atoms with E-state index < -0.39 is 0 Å². The molecule has 0 spiro atoms. The molecule has 1 atom stereocenters. The van der Waals surface area contributed by atoms with Crippen molar-refractivity contribution < 1.29 is 0 Å². The summed E-state index contributed by atoms with van der Waals surface area (Å²) >= 11 is 12.6. The van der Waals surface area contributed by atoms with Crippen molar-refractivity contribution in [1.29, 1.82) is 5.26 Å². The Hall–Kier alpha value is -3.41. The van der Waals surface area contributed by atoms with Crippen LogP contribution in [0, 0.1) is 11.3 Å². The Labute approximate surface area is 195 Å². The van der Waals surface area contributed by atoms with E-state index in [4.69, 9.17) is 33.4 Å². The third-order valence-corrected chi connectivity index (χ3v) is 5.29. The van der Waals surface area contributed by atoms with Gasteiger partial charge in [0, 0.05) is 42.1 Å². The Balaban J connectivity index is 1.51. The fourth-order valence-electron chi connectivity index (χ4n) is 3.17. The summed E-state index contributed by atoms with van der Waals surface area (Å²) in [5.41, 5.74) is 2.72. The molecule has 0 aliphatic carbocycles. The van der Waals surface area contributed by atoms with Crippen LogP contribution in [0.3, 0.4) is 0 Å². The van der Waals surface area contributed by atoms with E-state index in [0.29, 0.717) is 52.7 Å². The summed E-state index contributed by atoms with van der Waals surface area (Å²) in [5, 5.41) is 19.7. The fraction of sp³-hybridized carbons (Fsp3) is 0.227. The zero-order valence-electron chi connectivity index (χ0n) is 17.2. The second kappa shape index (κ2) is 9.81. The highest BCUT2D eigenvalue weighted by atomic mass is 35.5. The van der Waals surface area contributed by atoms with Gasteiger partial charge in [-0.05, 0) is 37.3 Å². The van der Waals surface area contributed by atoms with E-state index in [1.165, 1.54) is 6.20 Å². The van der Waals surface area contributed by atoms with Crippen LogP contribution in [-0.4, -0.2) is 46.5 Å². The molecule has 1 aliphatic heterocycles. The number of amidine groups is 1. The molecule has 1 aliphatic rings. The second-order valence-electron chi connectivity index (χ2n) is 7.21. The molecular formula is C22H20Cl2N8. The minimum atomic E-state index is 0.248. The lowest BCUT2D eigenvalue weighted by Crippen LogP contribution is -2.28. The summed E-state index contributed by atoms with van der Waals surface area (Å²) in [6.45, 7) is 3.91. The Kier molecular flexibility index (Phi) is 6.69. The zero-order chi connectivity index (χ0) is 22.5. The summed E-state index contributed by atoms with van der Waals surface area (Å²) < 4.78 is 0. The summed E-state index contributed by atoms with van der Waals surface area (Å²) in [6.07, 6.45) is 3.27. The molecule has 162 valence electrons. The first-order valence-electron chi connectivity index (χ1n) is 10.0. The molecule has 3 N–H and O–H groups in total. The van der Waals surface area contributed by atoms with E-state index in [1.54, 1.807) is 30.5 Å². The number of hydrogen-bond acceptors (Lipinski definition) is 8. The monoisotopic (exact) mass is 466 g/mol. The number of benzene rings is 1. The summed E-state index contributed by atoms with van der Waals surface area (Å²) in [6, 6.07) is 11.1. The summed E-state index contributed by atoms with van der Waals surface area (Å²) in [5.74, 6) is 1.91. The lowest BCUT2D eigenvalue weighted by molar-refractivity contribution is 0.726. The lowest BCUT2D eigenvalue weighted by atomic mass is 10.1. The molecule has 0 saturated heterocycles. The summed E-state index contributed by atoms with van der Waals surface area (Å²) in [7, 11) is 0. The molecule has 3 aromatic rings. The van der Waals surface area contributed by atoms with Crippen molar-refractivity contribution in [3.05, 3.63) is 63.9 Å². The number of pyridine rings is 1. The standard InChI is InChI=1S/C22H20Cl2N8/c1-13-10-29-21(31-13)17-12-30-22(32-20(17)16-4-3-15(23)8-18(16)24)27-7-6-26-19-5-2-14(9-25)11-28-19/h2-5,8,11-13H,6-7,10H2,1H3,(H,26,28)(H,29,31)(H,27,30,32). The average molecular weight is 467 g/mol. The number of nitrogens with zero attached hydrogens (tertiary/aromatic N) is 5. The van der Waals surface area contributed by atoms with Crippen LogP contribution in [0.25, 0.3) is 11.3 Å². The maximum atomic E-state index is 8.85. The topological polar surface area (TPSA) is 111 Å². The van der Waals surface area contributed by atoms with Crippen LogP contribution in [0.4, 0.5) is 11.8 Å². The molecule has 0 amide bonds. The predicted octanol–water partition coefficient (Wildman–Crippen LogP) is 3.98.